The summed E-state index contributed by atoms with van der Waals surface area (Å²) in [7, 11) is 0. The summed E-state index contributed by atoms with van der Waals surface area (Å²) in [6.07, 6.45) is 0.685. The molecule has 3 heterocycles. The van der Waals surface area contributed by atoms with Gasteiger partial charge in [-0.15, -0.1) is 0 Å². The zero-order valence-electron chi connectivity index (χ0n) is 15.3. The van der Waals surface area contributed by atoms with Crippen molar-refractivity contribution in [3.05, 3.63) is 87.9 Å². The third-order valence-electron chi connectivity index (χ3n) is 4.52. The zero-order valence-corrected chi connectivity index (χ0v) is 15.3. The van der Waals surface area contributed by atoms with Crippen molar-refractivity contribution >= 4 is 28.2 Å². The summed E-state index contributed by atoms with van der Waals surface area (Å²) in [6, 6.07) is 9.68. The molecule has 0 aliphatic heterocycles. The van der Waals surface area contributed by atoms with Crippen LogP contribution in [0.25, 0.3) is 11.0 Å². The lowest BCUT2D eigenvalue weighted by atomic mass is 10.1. The van der Waals surface area contributed by atoms with E-state index in [4.69, 9.17) is 0 Å². The van der Waals surface area contributed by atoms with Crippen molar-refractivity contribution in [3.8, 4) is 0 Å². The number of fused-ring (bicyclic) bond motifs is 1. The Morgan fingerprint density at radius 3 is 2.47 bits per heavy atom. The molecule has 152 valence electrons. The van der Waals surface area contributed by atoms with Gasteiger partial charge in [0, 0.05) is 36.0 Å². The highest BCUT2D eigenvalue weighted by molar-refractivity contribution is 5.82. The normalized spacial score (nSPS) is 11.6. The lowest BCUT2D eigenvalue weighted by Gasteiger charge is -2.09. The highest BCUT2D eigenvalue weighted by Crippen LogP contribution is 2.30. The Morgan fingerprint density at radius 2 is 1.83 bits per heavy atom. The fourth-order valence-electron chi connectivity index (χ4n) is 3.01. The highest BCUT2D eigenvalue weighted by Gasteiger charge is 2.29. The molecular formula is C20H14F3N5O2. The van der Waals surface area contributed by atoms with Crippen molar-refractivity contribution in [2.75, 3.05) is 5.32 Å². The average molecular weight is 413 g/mol. The highest BCUT2D eigenvalue weighted by atomic mass is 19.4. The topological polar surface area (TPSA) is 96.7 Å². The van der Waals surface area contributed by atoms with Gasteiger partial charge < -0.3 is 10.3 Å². The smallest absolute Gasteiger partial charge is 0.346 e. The first-order valence-corrected chi connectivity index (χ1v) is 8.79. The van der Waals surface area contributed by atoms with Crippen molar-refractivity contribution in [1.82, 2.24) is 15.0 Å². The predicted octanol–water partition coefficient (Wildman–Crippen LogP) is 5.22. The second-order valence-electron chi connectivity index (χ2n) is 6.59. The third kappa shape index (κ3) is 4.07. The van der Waals surface area contributed by atoms with Gasteiger partial charge in [0.2, 0.25) is 0 Å². The van der Waals surface area contributed by atoms with Crippen molar-refractivity contribution in [1.29, 1.82) is 0 Å². The molecule has 4 aromatic rings. The summed E-state index contributed by atoms with van der Waals surface area (Å²) in [6.45, 7) is 0. The van der Waals surface area contributed by atoms with Gasteiger partial charge in [0.15, 0.2) is 0 Å². The van der Waals surface area contributed by atoms with Crippen LogP contribution in [0, 0.1) is 10.1 Å². The minimum atomic E-state index is -4.38. The summed E-state index contributed by atoms with van der Waals surface area (Å²) in [5.41, 5.74) is 1.94. The van der Waals surface area contributed by atoms with Crippen LogP contribution in [0.4, 0.5) is 30.4 Å². The van der Waals surface area contributed by atoms with E-state index < -0.39 is 16.7 Å². The molecule has 2 N–H and O–H groups in total. The summed E-state index contributed by atoms with van der Waals surface area (Å²) in [5.74, 6) is 0.481. The molecule has 0 fully saturated rings. The van der Waals surface area contributed by atoms with E-state index in [0.717, 1.165) is 23.3 Å². The van der Waals surface area contributed by atoms with Crippen LogP contribution in [0.1, 0.15) is 16.7 Å². The van der Waals surface area contributed by atoms with Gasteiger partial charge in [-0.05, 0) is 41.5 Å². The van der Waals surface area contributed by atoms with Crippen LogP contribution in [0.15, 0.2) is 61.1 Å². The first-order chi connectivity index (χ1) is 14.3. The van der Waals surface area contributed by atoms with Crippen LogP contribution in [-0.2, 0) is 12.6 Å². The molecule has 30 heavy (non-hydrogen) atoms. The zero-order chi connectivity index (χ0) is 21.3. The first kappa shape index (κ1) is 19.4. The number of rotatable bonds is 5. The maximum absolute atomic E-state index is 12.6. The number of hydrogen-bond acceptors (Lipinski definition) is 5. The van der Waals surface area contributed by atoms with Gasteiger partial charge in [0.1, 0.15) is 17.7 Å². The first-order valence-electron chi connectivity index (χ1n) is 8.79. The maximum atomic E-state index is 12.6. The number of anilines is 2. The molecule has 0 aliphatic carbocycles. The maximum Gasteiger partial charge on any atom is 0.416 e. The van der Waals surface area contributed by atoms with Gasteiger partial charge in [0.25, 0.3) is 5.69 Å². The van der Waals surface area contributed by atoms with Crippen LogP contribution in [0.5, 0.6) is 0 Å². The number of aromatic nitrogens is 3. The Kier molecular flexibility index (Phi) is 4.82. The fourth-order valence-corrected chi connectivity index (χ4v) is 3.01. The largest absolute Gasteiger partial charge is 0.416 e. The number of benzene rings is 1. The Bertz CT molecular complexity index is 1200. The minimum absolute atomic E-state index is 0.0856. The van der Waals surface area contributed by atoms with Gasteiger partial charge >= 0.3 is 6.18 Å². The second-order valence-corrected chi connectivity index (χ2v) is 6.59. The molecule has 0 saturated heterocycles. The van der Waals surface area contributed by atoms with Gasteiger partial charge in [-0.3, -0.25) is 10.1 Å². The summed E-state index contributed by atoms with van der Waals surface area (Å²) in [4.78, 5) is 21.8. The van der Waals surface area contributed by atoms with E-state index >= 15 is 0 Å². The van der Waals surface area contributed by atoms with E-state index in [1.165, 1.54) is 24.4 Å². The standard InChI is InChI=1S/C20H14F3N5O2/c21-20(22,23)14-2-4-15(5-3-14)27-18-6-1-12(9-24-18)7-13-10-25-19-17(13)8-16(11-26-19)28(29)30/h1-6,8-11H,7H2,(H,24,27)(H,25,26). The van der Waals surface area contributed by atoms with Crippen molar-refractivity contribution in [3.63, 3.8) is 0 Å². The number of alkyl halides is 3. The Balaban J connectivity index is 1.48. The lowest BCUT2D eigenvalue weighted by molar-refractivity contribution is -0.385. The Morgan fingerprint density at radius 1 is 1.07 bits per heavy atom. The van der Waals surface area contributed by atoms with Gasteiger partial charge in [-0.25, -0.2) is 9.97 Å². The van der Waals surface area contributed by atoms with E-state index in [0.29, 0.717) is 29.0 Å². The van der Waals surface area contributed by atoms with E-state index in [1.807, 2.05) is 6.07 Å². The Hall–Kier alpha value is -3.95. The van der Waals surface area contributed by atoms with E-state index in [-0.39, 0.29) is 5.69 Å². The van der Waals surface area contributed by atoms with Crippen LogP contribution < -0.4 is 5.32 Å². The van der Waals surface area contributed by atoms with Crippen molar-refractivity contribution in [2.24, 2.45) is 0 Å². The van der Waals surface area contributed by atoms with Crippen LogP contribution >= 0.6 is 0 Å². The van der Waals surface area contributed by atoms with Crippen LogP contribution in [0.3, 0.4) is 0 Å². The lowest BCUT2D eigenvalue weighted by Crippen LogP contribution is -2.04. The molecule has 4 rings (SSSR count). The number of H-pyrrole nitrogens is 1. The third-order valence-corrected chi connectivity index (χ3v) is 4.52. The molecule has 0 spiro atoms. The SMILES string of the molecule is O=[N+]([O-])c1cnc2[nH]cc(Cc3ccc(Nc4ccc(C(F)(F)F)cc4)nc3)c2c1. The molecule has 10 heteroatoms. The summed E-state index contributed by atoms with van der Waals surface area (Å²) in [5, 5.41) is 14.6. The van der Waals surface area contributed by atoms with Gasteiger partial charge in [-0.2, -0.15) is 13.2 Å². The number of halogens is 3. The summed E-state index contributed by atoms with van der Waals surface area (Å²) >= 11 is 0. The molecule has 0 aliphatic rings. The van der Waals surface area contributed by atoms with Crippen LogP contribution in [0.2, 0.25) is 0 Å². The molecule has 7 nitrogen and oxygen atoms in total. The summed E-state index contributed by atoms with van der Waals surface area (Å²) < 4.78 is 37.9. The van der Waals surface area contributed by atoms with E-state index in [9.17, 15) is 23.3 Å². The quantitative estimate of drug-likeness (QED) is 0.345. The molecule has 3 aromatic heterocycles. The number of nitrogens with zero attached hydrogens (tertiary/aromatic N) is 3. The Labute approximate surface area is 167 Å². The molecular weight excluding hydrogens is 399 g/mol. The molecule has 0 amide bonds. The predicted molar refractivity (Wildman–Crippen MR) is 105 cm³/mol. The van der Waals surface area contributed by atoms with Gasteiger partial charge in [-0.1, -0.05) is 6.07 Å². The number of nitro groups is 1. The molecule has 0 unspecified atom stereocenters. The van der Waals surface area contributed by atoms with E-state index in [2.05, 4.69) is 20.3 Å². The monoisotopic (exact) mass is 413 g/mol. The number of nitrogens with one attached hydrogen (secondary N) is 2. The molecule has 0 saturated carbocycles. The molecule has 1 aromatic carbocycles. The fraction of sp³-hybridized carbons (Fsp3) is 0.100. The van der Waals surface area contributed by atoms with E-state index in [1.54, 1.807) is 18.5 Å². The van der Waals surface area contributed by atoms with Crippen molar-refractivity contribution in [2.45, 2.75) is 12.6 Å². The molecule has 0 radical (unpaired) electrons. The average Bonchev–Trinajstić information content (AvgIpc) is 3.11. The number of pyridine rings is 2. The molecule has 0 bridgehead atoms. The minimum Gasteiger partial charge on any atom is -0.346 e. The van der Waals surface area contributed by atoms with Gasteiger partial charge in [0.05, 0.1) is 10.5 Å². The van der Waals surface area contributed by atoms with Crippen LogP contribution in [-0.4, -0.2) is 19.9 Å². The number of hydrogen-bond donors (Lipinski definition) is 2. The molecule has 0 atom stereocenters. The second kappa shape index (κ2) is 7.47. The number of aromatic amines is 1. The van der Waals surface area contributed by atoms with Crippen molar-refractivity contribution < 1.29 is 18.1 Å².